The first-order chi connectivity index (χ1) is 18.0. The Bertz CT molecular complexity index is 1740. The maximum atomic E-state index is 12.9. The Balaban J connectivity index is 1.38. The molecule has 4 heterocycles. The van der Waals surface area contributed by atoms with Crippen LogP contribution in [0.5, 0.6) is 5.75 Å². The van der Waals surface area contributed by atoms with Gasteiger partial charge in [0.25, 0.3) is 0 Å². The van der Waals surface area contributed by atoms with Crippen molar-refractivity contribution in [2.24, 2.45) is 0 Å². The number of phenolic OH excluding ortho intramolecular Hbond substituents is 1. The number of aromatic hydroxyl groups is 1. The molecular weight excluding hydrogens is 494 g/mol. The number of hydrogen-bond donors (Lipinski definition) is 1. The molecule has 1 fully saturated rings. The van der Waals surface area contributed by atoms with Crippen molar-refractivity contribution in [3.05, 3.63) is 98.3 Å². The van der Waals surface area contributed by atoms with Crippen LogP contribution in [-0.4, -0.2) is 41.2 Å². The number of phenols is 1. The Hall–Kier alpha value is -4.14. The average molecular weight is 516 g/mol. The number of nitrogens with zero attached hydrogens (tertiary/aromatic N) is 3. The van der Waals surface area contributed by atoms with Gasteiger partial charge in [-0.2, -0.15) is 0 Å². The molecule has 1 aliphatic rings. The largest absolute Gasteiger partial charge is 0.507 e. The fourth-order valence-corrected chi connectivity index (χ4v) is 5.01. The van der Waals surface area contributed by atoms with Gasteiger partial charge in [-0.05, 0) is 48.5 Å². The Morgan fingerprint density at radius 3 is 2.54 bits per heavy atom. The zero-order valence-electron chi connectivity index (χ0n) is 19.7. The number of benzene rings is 2. The summed E-state index contributed by atoms with van der Waals surface area (Å²) in [6.45, 7) is 3.42. The van der Waals surface area contributed by atoms with Crippen LogP contribution in [0.1, 0.15) is 5.56 Å². The van der Waals surface area contributed by atoms with Crippen molar-refractivity contribution in [2.75, 3.05) is 31.1 Å². The second-order valence-corrected chi connectivity index (χ2v) is 9.44. The lowest BCUT2D eigenvalue weighted by molar-refractivity contribution is 0.246. The maximum Gasteiger partial charge on any atom is 0.344 e. The molecule has 0 atom stereocenters. The molecule has 1 saturated heterocycles. The van der Waals surface area contributed by atoms with E-state index in [0.29, 0.717) is 39.0 Å². The molecule has 0 aliphatic carbocycles. The van der Waals surface area contributed by atoms with Crippen molar-refractivity contribution >= 4 is 39.4 Å². The van der Waals surface area contributed by atoms with Crippen molar-refractivity contribution in [3.8, 4) is 16.9 Å². The highest BCUT2D eigenvalue weighted by molar-refractivity contribution is 6.31. The summed E-state index contributed by atoms with van der Waals surface area (Å²) in [6, 6.07) is 16.9. The van der Waals surface area contributed by atoms with Gasteiger partial charge >= 0.3 is 11.3 Å². The molecule has 0 radical (unpaired) electrons. The van der Waals surface area contributed by atoms with Crippen LogP contribution in [0.25, 0.3) is 33.1 Å². The van der Waals surface area contributed by atoms with Crippen LogP contribution < -0.4 is 16.2 Å². The minimum Gasteiger partial charge on any atom is -0.507 e. The topological polar surface area (TPSA) is 100 Å². The van der Waals surface area contributed by atoms with Crippen molar-refractivity contribution in [2.45, 2.75) is 6.54 Å². The summed E-state index contributed by atoms with van der Waals surface area (Å²) in [6.07, 6.45) is 1.78. The van der Waals surface area contributed by atoms with Crippen molar-refractivity contribution in [1.82, 2.24) is 9.88 Å². The smallest absolute Gasteiger partial charge is 0.344 e. The molecule has 1 N–H and O–H groups in total. The van der Waals surface area contributed by atoms with Crippen LogP contribution in [0.15, 0.2) is 85.3 Å². The number of aromatic nitrogens is 1. The molecule has 2 aromatic carbocycles. The molecule has 1 aliphatic heterocycles. The van der Waals surface area contributed by atoms with Gasteiger partial charge in [-0.1, -0.05) is 17.7 Å². The van der Waals surface area contributed by atoms with E-state index < -0.39 is 11.3 Å². The van der Waals surface area contributed by atoms with E-state index in [1.54, 1.807) is 42.6 Å². The number of anilines is 1. The highest BCUT2D eigenvalue weighted by atomic mass is 35.5. The third-order valence-electron chi connectivity index (χ3n) is 6.70. The number of hydrogen-bond acceptors (Lipinski definition) is 8. The van der Waals surface area contributed by atoms with Gasteiger partial charge in [0, 0.05) is 66.3 Å². The monoisotopic (exact) mass is 515 g/mol. The molecule has 3 aromatic heterocycles. The molecule has 6 rings (SSSR count). The SMILES string of the molecule is O=c1cc(-c2cc3cc(Cl)ccc3oc2=O)c2ccc(O)c(CN3CCN(c4ccccn4)CC3)c2o1. The highest BCUT2D eigenvalue weighted by Crippen LogP contribution is 2.34. The van der Waals surface area contributed by atoms with E-state index in [-0.39, 0.29) is 16.9 Å². The van der Waals surface area contributed by atoms with Crippen molar-refractivity contribution in [3.63, 3.8) is 0 Å². The zero-order valence-corrected chi connectivity index (χ0v) is 20.4. The molecule has 0 spiro atoms. The molecular formula is C28H22ClN3O5. The van der Waals surface area contributed by atoms with Gasteiger partial charge in [0.15, 0.2) is 0 Å². The first kappa shape index (κ1) is 23.3. The standard InChI is InChI=1S/C28H22ClN3O5/c29-18-4-7-24-17(13-18)14-21(28(35)36-24)20-15-26(34)37-27-19(20)5-6-23(33)22(27)16-31-9-11-32(12-10-31)25-3-1-2-8-30-25/h1-8,13-15,33H,9-12,16H2. The summed E-state index contributed by atoms with van der Waals surface area (Å²) in [5.74, 6) is 0.957. The first-order valence-electron chi connectivity index (χ1n) is 11.9. The van der Waals surface area contributed by atoms with E-state index in [2.05, 4.69) is 14.8 Å². The number of rotatable bonds is 4. The van der Waals surface area contributed by atoms with E-state index in [1.165, 1.54) is 6.07 Å². The summed E-state index contributed by atoms with van der Waals surface area (Å²) < 4.78 is 11.1. The summed E-state index contributed by atoms with van der Waals surface area (Å²) in [4.78, 5) is 34.3. The summed E-state index contributed by atoms with van der Waals surface area (Å²) in [5.41, 5.74) is 0.531. The molecule has 0 amide bonds. The highest BCUT2D eigenvalue weighted by Gasteiger charge is 2.22. The first-order valence-corrected chi connectivity index (χ1v) is 12.2. The molecule has 0 unspecified atom stereocenters. The average Bonchev–Trinajstić information content (AvgIpc) is 2.91. The predicted octanol–water partition coefficient (Wildman–Crippen LogP) is 4.64. The van der Waals surface area contributed by atoms with Crippen LogP contribution in [0, 0.1) is 0 Å². The van der Waals surface area contributed by atoms with Gasteiger partial charge in [0.2, 0.25) is 0 Å². The van der Waals surface area contributed by atoms with Gasteiger partial charge < -0.3 is 18.8 Å². The van der Waals surface area contributed by atoms with Crippen molar-refractivity contribution < 1.29 is 13.9 Å². The Morgan fingerprint density at radius 2 is 1.76 bits per heavy atom. The fourth-order valence-electron chi connectivity index (χ4n) is 4.83. The molecule has 0 saturated carbocycles. The molecule has 5 aromatic rings. The van der Waals surface area contributed by atoms with Crippen LogP contribution in [0.3, 0.4) is 0 Å². The van der Waals surface area contributed by atoms with Gasteiger partial charge in [0.1, 0.15) is 22.7 Å². The Labute approximate surface area is 215 Å². The Morgan fingerprint density at radius 1 is 0.919 bits per heavy atom. The van der Waals surface area contributed by atoms with Gasteiger partial charge in [-0.3, -0.25) is 4.90 Å². The zero-order chi connectivity index (χ0) is 25.5. The lowest BCUT2D eigenvalue weighted by Gasteiger charge is -2.35. The molecule has 37 heavy (non-hydrogen) atoms. The summed E-state index contributed by atoms with van der Waals surface area (Å²) in [7, 11) is 0. The third-order valence-corrected chi connectivity index (χ3v) is 6.94. The lowest BCUT2D eigenvalue weighted by atomic mass is 9.99. The van der Waals surface area contributed by atoms with Crippen LogP contribution in [-0.2, 0) is 6.54 Å². The normalized spacial score (nSPS) is 14.5. The quantitative estimate of drug-likeness (QED) is 0.345. The number of piperazine rings is 1. The van der Waals surface area contributed by atoms with Crippen LogP contribution in [0.2, 0.25) is 5.02 Å². The summed E-state index contributed by atoms with van der Waals surface area (Å²) in [5, 5.41) is 12.4. The molecule has 8 nitrogen and oxygen atoms in total. The fraction of sp³-hybridized carbons (Fsp3) is 0.179. The lowest BCUT2D eigenvalue weighted by Crippen LogP contribution is -2.46. The molecule has 0 bridgehead atoms. The van der Waals surface area contributed by atoms with E-state index in [1.807, 2.05) is 18.2 Å². The van der Waals surface area contributed by atoms with E-state index >= 15 is 0 Å². The van der Waals surface area contributed by atoms with Crippen LogP contribution in [0.4, 0.5) is 5.82 Å². The van der Waals surface area contributed by atoms with Gasteiger partial charge in [-0.25, -0.2) is 14.6 Å². The van der Waals surface area contributed by atoms with E-state index in [4.69, 9.17) is 20.4 Å². The molecule has 186 valence electrons. The van der Waals surface area contributed by atoms with Gasteiger partial charge in [-0.15, -0.1) is 0 Å². The van der Waals surface area contributed by atoms with Gasteiger partial charge in [0.05, 0.1) is 11.1 Å². The second kappa shape index (κ2) is 9.38. The van der Waals surface area contributed by atoms with Crippen LogP contribution >= 0.6 is 11.6 Å². The minimum atomic E-state index is -0.625. The van der Waals surface area contributed by atoms with E-state index in [9.17, 15) is 14.7 Å². The minimum absolute atomic E-state index is 0.0253. The third kappa shape index (κ3) is 4.45. The Kier molecular flexibility index (Phi) is 5.90. The number of halogens is 1. The van der Waals surface area contributed by atoms with E-state index in [0.717, 1.165) is 32.0 Å². The second-order valence-electron chi connectivity index (χ2n) is 9.00. The summed E-state index contributed by atoms with van der Waals surface area (Å²) >= 11 is 6.13. The molecule has 9 heteroatoms. The maximum absolute atomic E-state index is 12.9. The number of pyridine rings is 1. The number of fused-ring (bicyclic) bond motifs is 2. The predicted molar refractivity (Wildman–Crippen MR) is 142 cm³/mol. The van der Waals surface area contributed by atoms with Crippen molar-refractivity contribution in [1.29, 1.82) is 0 Å².